The summed E-state index contributed by atoms with van der Waals surface area (Å²) in [7, 11) is -1.78. The monoisotopic (exact) mass is 380 g/mol. The zero-order valence-corrected chi connectivity index (χ0v) is 18.5. The van der Waals surface area contributed by atoms with E-state index in [0.717, 1.165) is 0 Å². The molecule has 0 heterocycles. The summed E-state index contributed by atoms with van der Waals surface area (Å²) < 4.78 is 0. The third kappa shape index (κ3) is 2.29. The van der Waals surface area contributed by atoms with Gasteiger partial charge in [0.15, 0.2) is 0 Å². The average molecular weight is 381 g/mol. The first kappa shape index (κ1) is 17.7. The topological polar surface area (TPSA) is 0 Å². The Hall–Kier alpha value is -2.38. The Morgan fingerprint density at radius 3 is 1.79 bits per heavy atom. The van der Waals surface area contributed by atoms with Gasteiger partial charge in [0.2, 0.25) is 0 Å². The molecule has 3 aromatic carbocycles. The largest absolute Gasteiger partial charge is 0.0726 e. The molecule has 2 aliphatic rings. The smallest absolute Gasteiger partial charge is 0.0679 e. The number of hydrogen-bond acceptors (Lipinski definition) is 0. The second-order valence-electron chi connectivity index (χ2n) is 9.28. The van der Waals surface area contributed by atoms with Crippen molar-refractivity contribution in [3.8, 4) is 11.1 Å². The van der Waals surface area contributed by atoms with Crippen LogP contribution in [0.3, 0.4) is 0 Å². The van der Waals surface area contributed by atoms with Crippen molar-refractivity contribution in [2.75, 3.05) is 0 Å². The van der Waals surface area contributed by atoms with Crippen LogP contribution >= 0.6 is 0 Å². The molecular formula is C27H28Si. The highest BCUT2D eigenvalue weighted by Gasteiger charge is 2.48. The lowest BCUT2D eigenvalue weighted by molar-refractivity contribution is 0.975. The summed E-state index contributed by atoms with van der Waals surface area (Å²) in [5.74, 6) is 0. The summed E-state index contributed by atoms with van der Waals surface area (Å²) in [5.41, 5.74) is 14.6. The quantitative estimate of drug-likeness (QED) is 0.406. The van der Waals surface area contributed by atoms with E-state index in [-0.39, 0.29) is 0 Å². The Balaban J connectivity index is 1.74. The molecule has 0 radical (unpaired) electrons. The maximum Gasteiger partial charge on any atom is 0.0726 e. The molecule has 0 nitrogen and oxygen atoms in total. The number of aryl methyl sites for hydroxylation is 2. The van der Waals surface area contributed by atoms with Crippen LogP contribution in [0.2, 0.25) is 13.1 Å². The first-order valence-corrected chi connectivity index (χ1v) is 13.5. The van der Waals surface area contributed by atoms with Gasteiger partial charge in [-0.25, -0.2) is 0 Å². The van der Waals surface area contributed by atoms with Crippen molar-refractivity contribution in [3.05, 3.63) is 99.6 Å². The Morgan fingerprint density at radius 2 is 1.18 bits per heavy atom. The molecule has 1 heteroatoms. The molecule has 140 valence electrons. The van der Waals surface area contributed by atoms with Crippen molar-refractivity contribution >= 4 is 14.1 Å². The Morgan fingerprint density at radius 1 is 0.643 bits per heavy atom. The van der Waals surface area contributed by atoms with Crippen molar-refractivity contribution in [2.45, 2.75) is 44.9 Å². The molecule has 1 atom stereocenters. The minimum Gasteiger partial charge on any atom is -0.0679 e. The summed E-state index contributed by atoms with van der Waals surface area (Å²) in [6.07, 6.45) is 2.48. The molecule has 1 unspecified atom stereocenters. The van der Waals surface area contributed by atoms with Crippen LogP contribution in [0, 0.1) is 13.8 Å². The summed E-state index contributed by atoms with van der Waals surface area (Å²) in [6.45, 7) is 12.2. The average Bonchev–Trinajstić information content (AvgIpc) is 3.21. The van der Waals surface area contributed by atoms with E-state index in [2.05, 4.69) is 101 Å². The van der Waals surface area contributed by atoms with Gasteiger partial charge in [0.05, 0.1) is 8.07 Å². The highest BCUT2D eigenvalue weighted by atomic mass is 28.3. The lowest BCUT2D eigenvalue weighted by Crippen LogP contribution is -2.42. The predicted octanol–water partition coefficient (Wildman–Crippen LogP) is 7.40. The number of hydrogen-bond donors (Lipinski definition) is 0. The van der Waals surface area contributed by atoms with Gasteiger partial charge in [0.25, 0.3) is 0 Å². The fourth-order valence-corrected chi connectivity index (χ4v) is 10.9. The molecule has 0 amide bonds. The number of benzene rings is 3. The van der Waals surface area contributed by atoms with Crippen LogP contribution < -0.4 is 0 Å². The standard InChI is InChI=1S/C27H28Si/c1-17-14-15-18(2)25-24(17)16-19(3)26(25)28(4,5)27-22-12-8-6-10-20(22)21-11-7-9-13-23(21)27/h6-16,26-27H,1-5H3. The molecule has 28 heavy (non-hydrogen) atoms. The normalized spacial score (nSPS) is 17.9. The van der Waals surface area contributed by atoms with Crippen molar-refractivity contribution in [1.29, 1.82) is 0 Å². The summed E-state index contributed by atoms with van der Waals surface area (Å²) in [5, 5.41) is 0. The van der Waals surface area contributed by atoms with Gasteiger partial charge in [-0.05, 0) is 65.3 Å². The van der Waals surface area contributed by atoms with Crippen LogP contribution in [0.4, 0.5) is 0 Å². The van der Waals surface area contributed by atoms with Crippen LogP contribution in [0.5, 0.6) is 0 Å². The van der Waals surface area contributed by atoms with E-state index in [9.17, 15) is 0 Å². The van der Waals surface area contributed by atoms with Gasteiger partial charge >= 0.3 is 0 Å². The minimum atomic E-state index is -1.78. The zero-order valence-electron chi connectivity index (χ0n) is 17.5. The van der Waals surface area contributed by atoms with E-state index in [1.165, 1.54) is 27.8 Å². The molecule has 0 bridgehead atoms. The molecular weight excluding hydrogens is 352 g/mol. The molecule has 2 aliphatic carbocycles. The Kier molecular flexibility index (Phi) is 3.83. The van der Waals surface area contributed by atoms with Crippen molar-refractivity contribution in [3.63, 3.8) is 0 Å². The van der Waals surface area contributed by atoms with Crippen LogP contribution in [-0.4, -0.2) is 8.07 Å². The van der Waals surface area contributed by atoms with Gasteiger partial charge in [0, 0.05) is 11.1 Å². The molecule has 5 rings (SSSR count). The molecule has 0 saturated heterocycles. The predicted molar refractivity (Wildman–Crippen MR) is 124 cm³/mol. The Bertz CT molecular complexity index is 1090. The summed E-state index contributed by atoms with van der Waals surface area (Å²) >= 11 is 0. The molecule has 0 aromatic heterocycles. The number of fused-ring (bicyclic) bond motifs is 4. The van der Waals surface area contributed by atoms with Crippen molar-refractivity contribution < 1.29 is 0 Å². The molecule has 0 spiro atoms. The van der Waals surface area contributed by atoms with Gasteiger partial charge in [-0.3, -0.25) is 0 Å². The SMILES string of the molecule is CC1=Cc2c(C)ccc(C)c2C1[Si](C)(C)C1c2ccccc2-c2ccccc21. The van der Waals surface area contributed by atoms with Crippen molar-refractivity contribution in [2.24, 2.45) is 0 Å². The van der Waals surface area contributed by atoms with Crippen LogP contribution in [0.25, 0.3) is 17.2 Å². The van der Waals surface area contributed by atoms with Crippen LogP contribution in [-0.2, 0) is 0 Å². The molecule has 0 fully saturated rings. The molecule has 3 aromatic rings. The number of allylic oxidation sites excluding steroid dienone is 1. The highest BCUT2D eigenvalue weighted by Crippen LogP contribution is 2.55. The maximum absolute atomic E-state index is 2.62. The van der Waals surface area contributed by atoms with Gasteiger partial charge in [-0.15, -0.1) is 0 Å². The van der Waals surface area contributed by atoms with Crippen LogP contribution in [0.1, 0.15) is 51.4 Å². The fraction of sp³-hybridized carbons (Fsp3) is 0.259. The van der Waals surface area contributed by atoms with E-state index in [1.807, 2.05) is 0 Å². The van der Waals surface area contributed by atoms with E-state index in [4.69, 9.17) is 0 Å². The van der Waals surface area contributed by atoms with E-state index in [1.54, 1.807) is 22.3 Å². The van der Waals surface area contributed by atoms with Gasteiger partial charge < -0.3 is 0 Å². The third-order valence-corrected chi connectivity index (χ3v) is 11.5. The van der Waals surface area contributed by atoms with E-state index >= 15 is 0 Å². The van der Waals surface area contributed by atoms with Gasteiger partial charge in [-0.1, -0.05) is 85.4 Å². The summed E-state index contributed by atoms with van der Waals surface area (Å²) in [4.78, 5) is 0. The third-order valence-electron chi connectivity index (χ3n) is 7.16. The highest BCUT2D eigenvalue weighted by molar-refractivity contribution is 6.82. The molecule has 0 saturated carbocycles. The second kappa shape index (κ2) is 6.06. The minimum absolute atomic E-state index is 0.541. The molecule has 0 N–H and O–H groups in total. The first-order chi connectivity index (χ1) is 13.4. The fourth-order valence-electron chi connectivity index (χ4n) is 6.05. The van der Waals surface area contributed by atoms with Crippen molar-refractivity contribution in [1.82, 2.24) is 0 Å². The zero-order chi connectivity index (χ0) is 19.6. The lowest BCUT2D eigenvalue weighted by Gasteiger charge is -2.39. The van der Waals surface area contributed by atoms with E-state index in [0.29, 0.717) is 11.1 Å². The second-order valence-corrected chi connectivity index (χ2v) is 14.1. The van der Waals surface area contributed by atoms with Gasteiger partial charge in [0.1, 0.15) is 0 Å². The van der Waals surface area contributed by atoms with Gasteiger partial charge in [-0.2, -0.15) is 0 Å². The van der Waals surface area contributed by atoms with E-state index < -0.39 is 8.07 Å². The van der Waals surface area contributed by atoms with Crippen LogP contribution in [0.15, 0.2) is 66.2 Å². The first-order valence-electron chi connectivity index (χ1n) is 10.4. The molecule has 0 aliphatic heterocycles. The Labute approximate surface area is 170 Å². The lowest BCUT2D eigenvalue weighted by atomic mass is 9.99. The maximum atomic E-state index is 2.62. The number of rotatable bonds is 2. The summed E-state index contributed by atoms with van der Waals surface area (Å²) in [6, 6.07) is 22.8.